The number of pyridine rings is 1. The Hall–Kier alpha value is -2.37. The second-order valence-electron chi connectivity index (χ2n) is 7.42. The molecule has 2 atom stereocenters. The summed E-state index contributed by atoms with van der Waals surface area (Å²) in [5.74, 6) is -0.732. The summed E-state index contributed by atoms with van der Waals surface area (Å²) in [6, 6.07) is 4.56. The minimum atomic E-state index is -4.64. The number of rotatable bonds is 3. The van der Waals surface area contributed by atoms with E-state index in [1.807, 2.05) is 0 Å². The van der Waals surface area contributed by atoms with Gasteiger partial charge in [0.25, 0.3) is 5.91 Å². The predicted octanol–water partition coefficient (Wildman–Crippen LogP) is 4.44. The van der Waals surface area contributed by atoms with Gasteiger partial charge in [0.15, 0.2) is 5.17 Å². The number of carbonyl (C=O) groups is 1. The molecule has 1 amide bonds. The van der Waals surface area contributed by atoms with Crippen molar-refractivity contribution in [1.29, 1.82) is 0 Å². The van der Waals surface area contributed by atoms with Gasteiger partial charge in [-0.1, -0.05) is 23.4 Å². The van der Waals surface area contributed by atoms with Crippen LogP contribution < -0.4 is 11.1 Å². The molecule has 2 aromatic rings. The lowest BCUT2D eigenvalue weighted by Gasteiger charge is -2.43. The largest absolute Gasteiger partial charge is 0.417 e. The smallest absolute Gasteiger partial charge is 0.379 e. The quantitative estimate of drug-likeness (QED) is 0.623. The van der Waals surface area contributed by atoms with Crippen molar-refractivity contribution in [2.75, 3.05) is 24.3 Å². The molecule has 2 aliphatic rings. The highest BCUT2D eigenvalue weighted by Gasteiger charge is 2.47. The zero-order valence-corrected chi connectivity index (χ0v) is 18.0. The number of hydrogen-bond acceptors (Lipinski definition) is 6. The predicted molar refractivity (Wildman–Crippen MR) is 113 cm³/mol. The summed E-state index contributed by atoms with van der Waals surface area (Å²) in [5.41, 5.74) is 3.86. The van der Waals surface area contributed by atoms with Gasteiger partial charge in [-0.15, -0.1) is 0 Å². The van der Waals surface area contributed by atoms with E-state index in [0.717, 1.165) is 0 Å². The Morgan fingerprint density at radius 3 is 2.84 bits per heavy atom. The van der Waals surface area contributed by atoms with Gasteiger partial charge in [-0.25, -0.2) is 14.4 Å². The van der Waals surface area contributed by atoms with E-state index in [9.17, 15) is 22.4 Å². The summed E-state index contributed by atoms with van der Waals surface area (Å²) < 4.78 is 58.9. The fraction of sp³-hybridized carbons (Fsp3) is 0.350. The molecule has 0 spiro atoms. The topological polar surface area (TPSA) is 89.6 Å². The third-order valence-electron chi connectivity index (χ3n) is 5.42. The van der Waals surface area contributed by atoms with Crippen LogP contribution >= 0.6 is 23.4 Å². The molecule has 3 heterocycles. The highest BCUT2D eigenvalue weighted by atomic mass is 35.5. The maximum absolute atomic E-state index is 14.9. The number of alkyl halides is 3. The second-order valence-corrected chi connectivity index (χ2v) is 8.87. The van der Waals surface area contributed by atoms with Gasteiger partial charge in [-0.2, -0.15) is 13.2 Å². The number of carbonyl (C=O) groups excluding carboxylic acids is 1. The monoisotopic (exact) mass is 488 g/mol. The molecule has 0 bridgehead atoms. The SMILES string of the molecule is NC1=N[C@]2(c3cc(NC(=O)c4ncc(C(F)(F)F)cc4Cl)ccc3F)COCCC2CS1. The van der Waals surface area contributed by atoms with Gasteiger partial charge in [0.05, 0.1) is 17.2 Å². The highest BCUT2D eigenvalue weighted by molar-refractivity contribution is 8.13. The van der Waals surface area contributed by atoms with Crippen molar-refractivity contribution in [1.82, 2.24) is 4.98 Å². The first-order chi connectivity index (χ1) is 15.1. The number of benzene rings is 1. The molecule has 1 saturated heterocycles. The van der Waals surface area contributed by atoms with Crippen LogP contribution in [0.15, 0.2) is 35.5 Å². The van der Waals surface area contributed by atoms with Crippen LogP contribution in [0.1, 0.15) is 28.0 Å². The molecule has 4 rings (SSSR count). The van der Waals surface area contributed by atoms with Crippen LogP contribution in [-0.4, -0.2) is 35.0 Å². The first-order valence-corrected chi connectivity index (χ1v) is 10.9. The molecular formula is C20H17ClF4N4O2S. The Bertz CT molecular complexity index is 1100. The standard InChI is InChI=1S/C20H17ClF4N4O2S/c21-14-5-11(20(23,24)25)7-27-16(14)17(30)28-12-1-2-15(22)13(6-12)19-9-31-4-3-10(19)8-32-18(26)29-19/h1-2,5-7,10H,3-4,8-9H2,(H2,26,29)(H,28,30)/t10?,19-/m1/s1. The number of halogens is 5. The van der Waals surface area contributed by atoms with Crippen LogP contribution in [0.2, 0.25) is 5.02 Å². The van der Waals surface area contributed by atoms with Crippen LogP contribution in [0.4, 0.5) is 23.2 Å². The van der Waals surface area contributed by atoms with E-state index in [1.54, 1.807) is 0 Å². The zero-order valence-electron chi connectivity index (χ0n) is 16.4. The number of anilines is 1. The fourth-order valence-corrected chi connectivity index (χ4v) is 5.11. The Kier molecular flexibility index (Phi) is 6.08. The summed E-state index contributed by atoms with van der Waals surface area (Å²) in [4.78, 5) is 20.7. The molecule has 1 aromatic carbocycles. The molecule has 170 valence electrons. The first kappa shape index (κ1) is 22.8. The van der Waals surface area contributed by atoms with Crippen molar-refractivity contribution in [3.63, 3.8) is 0 Å². The number of aliphatic imine (C=N–C) groups is 1. The Labute approximate surface area is 189 Å². The fourth-order valence-electron chi connectivity index (χ4n) is 3.81. The van der Waals surface area contributed by atoms with Gasteiger partial charge in [0.2, 0.25) is 0 Å². The lowest BCUT2D eigenvalue weighted by molar-refractivity contribution is -0.137. The summed E-state index contributed by atoms with van der Waals surface area (Å²) in [6.45, 7) is 0.665. The van der Waals surface area contributed by atoms with Crippen molar-refractivity contribution in [3.05, 3.63) is 58.1 Å². The van der Waals surface area contributed by atoms with E-state index in [2.05, 4.69) is 15.3 Å². The maximum atomic E-state index is 14.9. The molecular weight excluding hydrogens is 472 g/mol. The molecule has 1 fully saturated rings. The van der Waals surface area contributed by atoms with Crippen LogP contribution in [0.3, 0.4) is 0 Å². The molecule has 2 aliphatic heterocycles. The van der Waals surface area contributed by atoms with Crippen LogP contribution in [0.5, 0.6) is 0 Å². The molecule has 6 nitrogen and oxygen atoms in total. The molecule has 12 heteroatoms. The van der Waals surface area contributed by atoms with Crippen LogP contribution in [0, 0.1) is 11.7 Å². The number of ether oxygens (including phenoxy) is 1. The molecule has 32 heavy (non-hydrogen) atoms. The van der Waals surface area contributed by atoms with E-state index >= 15 is 0 Å². The van der Waals surface area contributed by atoms with E-state index in [-0.39, 0.29) is 29.5 Å². The molecule has 3 N–H and O–H groups in total. The molecule has 0 aliphatic carbocycles. The number of amidine groups is 1. The number of aromatic nitrogens is 1. The number of amides is 1. The third kappa shape index (κ3) is 4.28. The normalized spacial score (nSPS) is 23.3. The van der Waals surface area contributed by atoms with E-state index in [4.69, 9.17) is 22.1 Å². The zero-order chi connectivity index (χ0) is 23.1. The van der Waals surface area contributed by atoms with Gasteiger partial charge in [-0.05, 0) is 30.7 Å². The maximum Gasteiger partial charge on any atom is 0.417 e. The summed E-state index contributed by atoms with van der Waals surface area (Å²) >= 11 is 7.24. The highest BCUT2D eigenvalue weighted by Crippen LogP contribution is 2.45. The molecule has 1 unspecified atom stereocenters. The lowest BCUT2D eigenvalue weighted by Crippen LogP contribution is -2.48. The lowest BCUT2D eigenvalue weighted by atomic mass is 9.76. The molecule has 1 aromatic heterocycles. The summed E-state index contributed by atoms with van der Waals surface area (Å²) in [7, 11) is 0. The van der Waals surface area contributed by atoms with Crippen molar-refractivity contribution >= 4 is 40.1 Å². The average Bonchev–Trinajstić information content (AvgIpc) is 2.74. The van der Waals surface area contributed by atoms with Crippen molar-refractivity contribution in [2.24, 2.45) is 16.6 Å². The van der Waals surface area contributed by atoms with Crippen molar-refractivity contribution in [2.45, 2.75) is 18.1 Å². The Morgan fingerprint density at radius 2 is 2.12 bits per heavy atom. The number of hydrogen-bond donors (Lipinski definition) is 2. The van der Waals surface area contributed by atoms with Crippen LogP contribution in [-0.2, 0) is 16.5 Å². The number of nitrogens with two attached hydrogens (primary N) is 1. The average molecular weight is 489 g/mol. The minimum absolute atomic E-state index is 0.0139. The summed E-state index contributed by atoms with van der Waals surface area (Å²) in [5, 5.41) is 2.37. The number of nitrogens with one attached hydrogen (secondary N) is 1. The summed E-state index contributed by atoms with van der Waals surface area (Å²) in [6.07, 6.45) is -3.45. The number of nitrogens with zero attached hydrogens (tertiary/aromatic N) is 2. The number of fused-ring (bicyclic) bond motifs is 1. The van der Waals surface area contributed by atoms with Crippen molar-refractivity contribution < 1.29 is 27.1 Å². The first-order valence-electron chi connectivity index (χ1n) is 9.50. The van der Waals surface area contributed by atoms with Gasteiger partial charge < -0.3 is 15.8 Å². The van der Waals surface area contributed by atoms with Gasteiger partial charge in [0, 0.05) is 35.7 Å². The van der Waals surface area contributed by atoms with E-state index in [0.29, 0.717) is 36.2 Å². The minimum Gasteiger partial charge on any atom is -0.379 e. The Morgan fingerprint density at radius 1 is 1.34 bits per heavy atom. The Balaban J connectivity index is 1.65. The van der Waals surface area contributed by atoms with Gasteiger partial charge in [0.1, 0.15) is 17.1 Å². The third-order valence-corrected chi connectivity index (χ3v) is 6.67. The van der Waals surface area contributed by atoms with Crippen molar-refractivity contribution in [3.8, 4) is 0 Å². The van der Waals surface area contributed by atoms with E-state index in [1.165, 1.54) is 30.0 Å². The van der Waals surface area contributed by atoms with E-state index < -0.39 is 34.0 Å². The molecule has 0 radical (unpaired) electrons. The van der Waals surface area contributed by atoms with Gasteiger partial charge in [-0.3, -0.25) is 4.79 Å². The van der Waals surface area contributed by atoms with Crippen LogP contribution in [0.25, 0.3) is 0 Å². The molecule has 0 saturated carbocycles. The second kappa shape index (κ2) is 8.53. The number of thioether (sulfide) groups is 1. The van der Waals surface area contributed by atoms with Gasteiger partial charge >= 0.3 is 6.18 Å².